The van der Waals surface area contributed by atoms with Crippen LogP contribution in [0, 0.1) is 11.3 Å². The molecule has 2 aromatic rings. The molecule has 2 fully saturated rings. The first kappa shape index (κ1) is 15.4. The van der Waals surface area contributed by atoms with Crippen LogP contribution in [0.5, 0.6) is 0 Å². The van der Waals surface area contributed by atoms with Gasteiger partial charge < -0.3 is 14.2 Å². The summed E-state index contributed by atoms with van der Waals surface area (Å²) >= 11 is 0. The summed E-state index contributed by atoms with van der Waals surface area (Å²) in [5, 5.41) is 8.85. The molecule has 1 aliphatic carbocycles. The van der Waals surface area contributed by atoms with Crippen molar-refractivity contribution >= 4 is 17.5 Å². The van der Waals surface area contributed by atoms with E-state index in [-0.39, 0.29) is 24.3 Å². The molecule has 0 atom stereocenters. The van der Waals surface area contributed by atoms with Crippen molar-refractivity contribution in [3.63, 3.8) is 0 Å². The number of aromatic nitrogens is 1. The Morgan fingerprint density at radius 1 is 1.24 bits per heavy atom. The summed E-state index contributed by atoms with van der Waals surface area (Å²) in [6.07, 6.45) is 3.33. The van der Waals surface area contributed by atoms with Gasteiger partial charge in [0, 0.05) is 24.7 Å². The van der Waals surface area contributed by atoms with Gasteiger partial charge >= 0.3 is 0 Å². The summed E-state index contributed by atoms with van der Waals surface area (Å²) in [4.78, 5) is 32.4. The van der Waals surface area contributed by atoms with E-state index in [1.165, 1.54) is 11.3 Å². The van der Waals surface area contributed by atoms with Gasteiger partial charge in [-0.3, -0.25) is 9.59 Å². The van der Waals surface area contributed by atoms with Crippen LogP contribution in [0.25, 0.3) is 0 Å². The average molecular weight is 336 g/mol. The topological polar surface area (TPSA) is 90.4 Å². The number of oxazole rings is 1. The van der Waals surface area contributed by atoms with E-state index in [0.29, 0.717) is 30.1 Å². The zero-order valence-corrected chi connectivity index (χ0v) is 13.5. The van der Waals surface area contributed by atoms with Crippen LogP contribution in [0.1, 0.15) is 40.6 Å². The van der Waals surface area contributed by atoms with Crippen molar-refractivity contribution in [2.45, 2.75) is 18.8 Å². The summed E-state index contributed by atoms with van der Waals surface area (Å²) in [6.45, 7) is 0.852. The molecule has 7 heteroatoms. The molecule has 1 aromatic heterocycles. The fraction of sp³-hybridized carbons (Fsp3) is 0.333. The molecular formula is C18H16N4O3. The molecule has 1 aromatic carbocycles. The van der Waals surface area contributed by atoms with Gasteiger partial charge in [-0.25, -0.2) is 4.98 Å². The zero-order chi connectivity index (χ0) is 17.4. The largest absolute Gasteiger partial charge is 0.447 e. The van der Waals surface area contributed by atoms with Crippen molar-refractivity contribution in [3.05, 3.63) is 47.7 Å². The fourth-order valence-electron chi connectivity index (χ4n) is 3.04. The van der Waals surface area contributed by atoms with E-state index in [1.807, 2.05) is 0 Å². The van der Waals surface area contributed by atoms with E-state index in [9.17, 15) is 9.59 Å². The second-order valence-electron chi connectivity index (χ2n) is 6.27. The summed E-state index contributed by atoms with van der Waals surface area (Å²) in [6, 6.07) is 8.90. The Bertz CT molecular complexity index is 861. The Hall–Kier alpha value is -3.14. The van der Waals surface area contributed by atoms with Crippen LogP contribution in [-0.2, 0) is 4.79 Å². The number of benzene rings is 1. The highest BCUT2D eigenvalue weighted by atomic mass is 16.3. The number of anilines is 1. The minimum absolute atomic E-state index is 0.00972. The number of amides is 2. The molecule has 1 aliphatic heterocycles. The Labute approximate surface area is 144 Å². The SMILES string of the molecule is N#Cc1ccc(N2CCN(C(=O)c3ncoc3C3CC3)CC2=O)cc1. The third-order valence-corrected chi connectivity index (χ3v) is 4.56. The number of carbonyl (C=O) groups excluding carboxylic acids is 2. The molecule has 1 saturated carbocycles. The van der Waals surface area contributed by atoms with Crippen molar-refractivity contribution in [3.8, 4) is 6.07 Å². The molecule has 25 heavy (non-hydrogen) atoms. The van der Waals surface area contributed by atoms with E-state index in [4.69, 9.17) is 9.68 Å². The highest BCUT2D eigenvalue weighted by Gasteiger charge is 2.36. The van der Waals surface area contributed by atoms with E-state index in [1.54, 1.807) is 29.2 Å². The lowest BCUT2D eigenvalue weighted by Crippen LogP contribution is -2.52. The maximum atomic E-state index is 12.7. The molecule has 2 amide bonds. The normalized spacial score (nSPS) is 17.5. The van der Waals surface area contributed by atoms with Crippen molar-refractivity contribution in [1.82, 2.24) is 9.88 Å². The van der Waals surface area contributed by atoms with E-state index >= 15 is 0 Å². The zero-order valence-electron chi connectivity index (χ0n) is 13.5. The maximum absolute atomic E-state index is 12.7. The van der Waals surface area contributed by atoms with Crippen molar-refractivity contribution in [2.24, 2.45) is 0 Å². The quantitative estimate of drug-likeness (QED) is 0.854. The second-order valence-corrected chi connectivity index (χ2v) is 6.27. The monoisotopic (exact) mass is 336 g/mol. The highest BCUT2D eigenvalue weighted by Crippen LogP contribution is 2.41. The fourth-order valence-corrected chi connectivity index (χ4v) is 3.04. The summed E-state index contributed by atoms with van der Waals surface area (Å²) < 4.78 is 5.36. The van der Waals surface area contributed by atoms with E-state index < -0.39 is 0 Å². The van der Waals surface area contributed by atoms with E-state index in [0.717, 1.165) is 18.5 Å². The summed E-state index contributed by atoms with van der Waals surface area (Å²) in [5.74, 6) is 0.535. The molecule has 0 bridgehead atoms. The number of hydrogen-bond donors (Lipinski definition) is 0. The first-order valence-corrected chi connectivity index (χ1v) is 8.20. The van der Waals surface area contributed by atoms with Crippen molar-refractivity contribution < 1.29 is 14.0 Å². The molecule has 2 aliphatic rings. The summed E-state index contributed by atoms with van der Waals surface area (Å²) in [5.41, 5.74) is 1.61. The van der Waals surface area contributed by atoms with Gasteiger partial charge in [0.1, 0.15) is 12.3 Å². The summed E-state index contributed by atoms with van der Waals surface area (Å²) in [7, 11) is 0. The molecular weight excluding hydrogens is 320 g/mol. The lowest BCUT2D eigenvalue weighted by Gasteiger charge is -2.34. The van der Waals surface area contributed by atoms with Crippen LogP contribution in [0.3, 0.4) is 0 Å². The van der Waals surface area contributed by atoms with Crippen LogP contribution in [0.4, 0.5) is 5.69 Å². The second kappa shape index (κ2) is 6.06. The molecule has 126 valence electrons. The standard InChI is InChI=1S/C18H16N4O3/c19-9-12-1-5-14(6-2-12)22-8-7-21(10-15(22)23)18(24)16-17(13-3-4-13)25-11-20-16/h1-2,5-6,11,13H,3-4,7-8,10H2. The van der Waals surface area contributed by atoms with Gasteiger partial charge in [0.15, 0.2) is 12.1 Å². The number of rotatable bonds is 3. The van der Waals surface area contributed by atoms with Gasteiger partial charge in [-0.15, -0.1) is 0 Å². The smallest absolute Gasteiger partial charge is 0.276 e. The molecule has 0 radical (unpaired) electrons. The molecule has 0 N–H and O–H groups in total. The third kappa shape index (κ3) is 2.87. The minimum Gasteiger partial charge on any atom is -0.447 e. The van der Waals surface area contributed by atoms with Gasteiger partial charge in [-0.2, -0.15) is 5.26 Å². The first-order chi connectivity index (χ1) is 12.2. The van der Waals surface area contributed by atoms with Crippen LogP contribution >= 0.6 is 0 Å². The minimum atomic E-state index is -0.247. The first-order valence-electron chi connectivity index (χ1n) is 8.20. The number of carbonyl (C=O) groups is 2. The molecule has 0 spiro atoms. The van der Waals surface area contributed by atoms with E-state index in [2.05, 4.69) is 11.1 Å². The van der Waals surface area contributed by atoms with Crippen LogP contribution < -0.4 is 4.90 Å². The highest BCUT2D eigenvalue weighted by molar-refractivity contribution is 6.01. The van der Waals surface area contributed by atoms with Crippen LogP contribution in [0.2, 0.25) is 0 Å². The number of nitriles is 1. The van der Waals surface area contributed by atoms with Crippen molar-refractivity contribution in [2.75, 3.05) is 24.5 Å². The van der Waals surface area contributed by atoms with Gasteiger partial charge in [-0.05, 0) is 37.1 Å². The predicted molar refractivity (Wildman–Crippen MR) is 87.9 cm³/mol. The Kier molecular flexibility index (Phi) is 3.73. The van der Waals surface area contributed by atoms with Gasteiger partial charge in [0.05, 0.1) is 11.6 Å². The molecule has 4 rings (SSSR count). The molecule has 2 heterocycles. The number of nitrogens with zero attached hydrogens (tertiary/aromatic N) is 4. The number of piperazine rings is 1. The molecule has 0 unspecified atom stereocenters. The third-order valence-electron chi connectivity index (χ3n) is 4.56. The maximum Gasteiger partial charge on any atom is 0.276 e. The Balaban J connectivity index is 1.47. The Morgan fingerprint density at radius 3 is 2.64 bits per heavy atom. The van der Waals surface area contributed by atoms with Crippen molar-refractivity contribution in [1.29, 1.82) is 5.26 Å². The number of hydrogen-bond acceptors (Lipinski definition) is 5. The predicted octanol–water partition coefficient (Wildman–Crippen LogP) is 1.91. The van der Waals surface area contributed by atoms with Gasteiger partial charge in [0.2, 0.25) is 5.91 Å². The lowest BCUT2D eigenvalue weighted by atomic mass is 10.1. The van der Waals surface area contributed by atoms with Crippen LogP contribution in [-0.4, -0.2) is 41.3 Å². The Morgan fingerprint density at radius 2 is 2.00 bits per heavy atom. The van der Waals surface area contributed by atoms with Gasteiger partial charge in [0.25, 0.3) is 5.91 Å². The average Bonchev–Trinajstić information content (AvgIpc) is 3.38. The lowest BCUT2D eigenvalue weighted by molar-refractivity contribution is -0.120. The molecule has 1 saturated heterocycles. The van der Waals surface area contributed by atoms with Gasteiger partial charge in [-0.1, -0.05) is 0 Å². The van der Waals surface area contributed by atoms with Crippen LogP contribution in [0.15, 0.2) is 35.1 Å². The molecule has 7 nitrogen and oxygen atoms in total.